The molecule has 0 saturated carbocycles. The van der Waals surface area contributed by atoms with Crippen LogP contribution in [0.2, 0.25) is 0 Å². The number of nitrogens with zero attached hydrogens (tertiary/aromatic N) is 2. The number of anilines is 2. The average molecular weight is 248 g/mol. The topological polar surface area (TPSA) is 57.3 Å². The molecule has 1 amide bonds. The van der Waals surface area contributed by atoms with Crippen molar-refractivity contribution in [1.82, 2.24) is 10.3 Å². The van der Waals surface area contributed by atoms with Crippen LogP contribution in [-0.4, -0.2) is 37.1 Å². The molecule has 1 aromatic rings. The molecule has 18 heavy (non-hydrogen) atoms. The zero-order valence-corrected chi connectivity index (χ0v) is 10.9. The number of nitrogens with one attached hydrogen (secondary N) is 2. The summed E-state index contributed by atoms with van der Waals surface area (Å²) in [7, 11) is 0. The van der Waals surface area contributed by atoms with Crippen LogP contribution in [0.25, 0.3) is 0 Å². The molecule has 0 aliphatic carbocycles. The Bertz CT molecular complexity index is 396. The Morgan fingerprint density at radius 3 is 2.67 bits per heavy atom. The third-order valence-corrected chi connectivity index (χ3v) is 3.01. The summed E-state index contributed by atoms with van der Waals surface area (Å²) >= 11 is 0. The highest BCUT2D eigenvalue weighted by atomic mass is 16.1. The number of amides is 1. The molecule has 1 aromatic heterocycles. The quantitative estimate of drug-likeness (QED) is 0.840. The third-order valence-electron chi connectivity index (χ3n) is 3.01. The van der Waals surface area contributed by atoms with Crippen molar-refractivity contribution in [3.8, 4) is 0 Å². The number of rotatable bonds is 3. The molecule has 2 N–H and O–H groups in total. The van der Waals surface area contributed by atoms with E-state index in [9.17, 15) is 4.79 Å². The Balaban J connectivity index is 1.98. The second-order valence-electron chi connectivity index (χ2n) is 4.78. The van der Waals surface area contributed by atoms with E-state index in [-0.39, 0.29) is 11.8 Å². The van der Waals surface area contributed by atoms with Crippen molar-refractivity contribution in [2.75, 3.05) is 36.4 Å². The molecular formula is C13H20N4O. The number of hydrogen-bond donors (Lipinski definition) is 2. The highest BCUT2D eigenvalue weighted by Gasteiger charge is 2.11. The molecule has 0 bridgehead atoms. The first kappa shape index (κ1) is 12.8. The fourth-order valence-electron chi connectivity index (χ4n) is 1.84. The van der Waals surface area contributed by atoms with Crippen molar-refractivity contribution >= 4 is 17.4 Å². The lowest BCUT2D eigenvalue weighted by Gasteiger charge is -2.29. The summed E-state index contributed by atoms with van der Waals surface area (Å²) in [6.45, 7) is 7.74. The summed E-state index contributed by atoms with van der Waals surface area (Å²) in [6, 6.07) is 3.87. The Morgan fingerprint density at radius 2 is 2.11 bits per heavy atom. The maximum Gasteiger partial charge on any atom is 0.228 e. The van der Waals surface area contributed by atoms with Crippen molar-refractivity contribution < 1.29 is 4.79 Å². The number of aromatic nitrogens is 1. The van der Waals surface area contributed by atoms with Crippen LogP contribution < -0.4 is 15.5 Å². The second kappa shape index (κ2) is 5.82. The fraction of sp³-hybridized carbons (Fsp3) is 0.538. The van der Waals surface area contributed by atoms with Crippen molar-refractivity contribution in [2.24, 2.45) is 5.92 Å². The van der Waals surface area contributed by atoms with Gasteiger partial charge in [0.05, 0.1) is 11.9 Å². The van der Waals surface area contributed by atoms with Gasteiger partial charge in [0.15, 0.2) is 0 Å². The average Bonchev–Trinajstić information content (AvgIpc) is 2.40. The van der Waals surface area contributed by atoms with Crippen molar-refractivity contribution in [3.63, 3.8) is 0 Å². The molecule has 2 rings (SSSR count). The van der Waals surface area contributed by atoms with Gasteiger partial charge in [-0.1, -0.05) is 13.8 Å². The van der Waals surface area contributed by atoms with E-state index in [4.69, 9.17) is 0 Å². The normalized spacial score (nSPS) is 15.8. The van der Waals surface area contributed by atoms with Crippen LogP contribution in [0, 0.1) is 5.92 Å². The first-order valence-electron chi connectivity index (χ1n) is 6.39. The van der Waals surface area contributed by atoms with Gasteiger partial charge in [0.25, 0.3) is 0 Å². The molecule has 0 aromatic carbocycles. The third kappa shape index (κ3) is 3.20. The highest BCUT2D eigenvalue weighted by Crippen LogP contribution is 2.15. The number of carbonyl (C=O) groups excluding carboxylic acids is 1. The summed E-state index contributed by atoms with van der Waals surface area (Å²) in [5, 5.41) is 6.11. The zero-order valence-electron chi connectivity index (χ0n) is 10.9. The van der Waals surface area contributed by atoms with Gasteiger partial charge in [-0.3, -0.25) is 4.79 Å². The molecule has 1 fully saturated rings. The first-order chi connectivity index (χ1) is 8.66. The summed E-state index contributed by atoms with van der Waals surface area (Å²) in [5.74, 6) is 0.588. The minimum Gasteiger partial charge on any atom is -0.368 e. The van der Waals surface area contributed by atoms with Crippen molar-refractivity contribution in [3.05, 3.63) is 18.3 Å². The van der Waals surface area contributed by atoms with Gasteiger partial charge in [-0.05, 0) is 12.1 Å². The minimum absolute atomic E-state index is 0.00239. The van der Waals surface area contributed by atoms with E-state index in [2.05, 4.69) is 20.5 Å². The molecule has 1 saturated heterocycles. The van der Waals surface area contributed by atoms with Crippen LogP contribution >= 0.6 is 0 Å². The Hall–Kier alpha value is -1.62. The summed E-state index contributed by atoms with van der Waals surface area (Å²) in [4.78, 5) is 18.1. The molecule has 1 aliphatic heterocycles. The number of carbonyl (C=O) groups is 1. The summed E-state index contributed by atoms with van der Waals surface area (Å²) in [6.07, 6.45) is 1.82. The smallest absolute Gasteiger partial charge is 0.228 e. The van der Waals surface area contributed by atoms with Gasteiger partial charge >= 0.3 is 0 Å². The van der Waals surface area contributed by atoms with Gasteiger partial charge in [0.2, 0.25) is 5.91 Å². The number of pyridine rings is 1. The Morgan fingerprint density at radius 1 is 1.39 bits per heavy atom. The predicted octanol–water partition coefficient (Wildman–Crippen LogP) is 1.09. The Labute approximate surface area is 108 Å². The molecule has 0 atom stereocenters. The molecule has 0 radical (unpaired) electrons. The van der Waals surface area contributed by atoms with E-state index in [1.807, 2.05) is 32.2 Å². The molecule has 5 nitrogen and oxygen atoms in total. The number of hydrogen-bond acceptors (Lipinski definition) is 4. The predicted molar refractivity (Wildman–Crippen MR) is 72.8 cm³/mol. The summed E-state index contributed by atoms with van der Waals surface area (Å²) in [5.41, 5.74) is 1.11. The molecule has 5 heteroatoms. The highest BCUT2D eigenvalue weighted by molar-refractivity contribution is 5.91. The van der Waals surface area contributed by atoms with E-state index in [1.165, 1.54) is 0 Å². The lowest BCUT2D eigenvalue weighted by atomic mass is 10.2. The van der Waals surface area contributed by atoms with Gasteiger partial charge in [-0.2, -0.15) is 0 Å². The van der Waals surface area contributed by atoms with Crippen LogP contribution in [0.4, 0.5) is 11.5 Å². The molecular weight excluding hydrogens is 228 g/mol. The SMILES string of the molecule is CC(C)C(=O)Nc1ccc(N2CCNCC2)cn1. The minimum atomic E-state index is -0.0281. The van der Waals surface area contributed by atoms with Crippen LogP contribution in [0.15, 0.2) is 18.3 Å². The van der Waals surface area contributed by atoms with Gasteiger partial charge < -0.3 is 15.5 Å². The molecule has 98 valence electrons. The van der Waals surface area contributed by atoms with E-state index < -0.39 is 0 Å². The van der Waals surface area contributed by atoms with Crippen LogP contribution in [0.1, 0.15) is 13.8 Å². The van der Waals surface area contributed by atoms with Crippen molar-refractivity contribution in [1.29, 1.82) is 0 Å². The van der Waals surface area contributed by atoms with Crippen LogP contribution in [0.5, 0.6) is 0 Å². The van der Waals surface area contributed by atoms with E-state index in [1.54, 1.807) is 0 Å². The van der Waals surface area contributed by atoms with E-state index >= 15 is 0 Å². The summed E-state index contributed by atoms with van der Waals surface area (Å²) < 4.78 is 0. The maximum atomic E-state index is 11.5. The van der Waals surface area contributed by atoms with E-state index in [0.29, 0.717) is 5.82 Å². The van der Waals surface area contributed by atoms with E-state index in [0.717, 1.165) is 31.9 Å². The van der Waals surface area contributed by atoms with Gasteiger partial charge in [-0.25, -0.2) is 4.98 Å². The second-order valence-corrected chi connectivity index (χ2v) is 4.78. The van der Waals surface area contributed by atoms with Crippen LogP contribution in [-0.2, 0) is 4.79 Å². The largest absolute Gasteiger partial charge is 0.368 e. The maximum absolute atomic E-state index is 11.5. The standard InChI is InChI=1S/C13H20N4O/c1-10(2)13(18)16-12-4-3-11(9-15-12)17-7-5-14-6-8-17/h3-4,9-10,14H,5-8H2,1-2H3,(H,15,16,18). The Kier molecular flexibility index (Phi) is 4.15. The molecule has 0 unspecified atom stereocenters. The molecule has 2 heterocycles. The van der Waals surface area contributed by atoms with Crippen LogP contribution in [0.3, 0.4) is 0 Å². The monoisotopic (exact) mass is 248 g/mol. The van der Waals surface area contributed by atoms with Gasteiger partial charge in [0.1, 0.15) is 5.82 Å². The number of piperazine rings is 1. The molecule has 0 spiro atoms. The lowest BCUT2D eigenvalue weighted by Crippen LogP contribution is -2.43. The van der Waals surface area contributed by atoms with Gasteiger partial charge in [-0.15, -0.1) is 0 Å². The molecule has 1 aliphatic rings. The van der Waals surface area contributed by atoms with Gasteiger partial charge in [0, 0.05) is 32.1 Å². The first-order valence-corrected chi connectivity index (χ1v) is 6.39. The van der Waals surface area contributed by atoms with Crippen molar-refractivity contribution in [2.45, 2.75) is 13.8 Å². The zero-order chi connectivity index (χ0) is 13.0. The fourth-order valence-corrected chi connectivity index (χ4v) is 1.84. The lowest BCUT2D eigenvalue weighted by molar-refractivity contribution is -0.118.